The van der Waals surface area contributed by atoms with Gasteiger partial charge >= 0.3 is 0 Å². The minimum absolute atomic E-state index is 0.249. The fraction of sp³-hybridized carbons (Fsp3) is 0.167. The minimum Gasteiger partial charge on any atom is -0.550 e. The molecule has 25 heavy (non-hydrogen) atoms. The highest BCUT2D eigenvalue weighted by molar-refractivity contribution is 5.97. The van der Waals surface area contributed by atoms with Crippen LogP contribution in [0, 0.1) is 0 Å². The van der Waals surface area contributed by atoms with Gasteiger partial charge in [-0.25, -0.2) is 0 Å². The Bertz CT molecular complexity index is 746. The number of ether oxygens (including phenoxy) is 1. The molecular formula is C18H17N2O5-. The first kappa shape index (κ1) is 18.0. The molecule has 130 valence electrons. The molecule has 2 aromatic rings. The van der Waals surface area contributed by atoms with Crippen LogP contribution in [0.25, 0.3) is 0 Å². The van der Waals surface area contributed by atoms with Gasteiger partial charge in [0.05, 0.1) is 5.56 Å². The van der Waals surface area contributed by atoms with E-state index in [9.17, 15) is 19.5 Å². The zero-order valence-corrected chi connectivity index (χ0v) is 13.4. The first-order valence-electron chi connectivity index (χ1n) is 7.61. The summed E-state index contributed by atoms with van der Waals surface area (Å²) in [5.74, 6) is -2.15. The molecule has 0 aliphatic carbocycles. The first-order valence-corrected chi connectivity index (χ1v) is 7.61. The van der Waals surface area contributed by atoms with Crippen LogP contribution >= 0.6 is 0 Å². The molecule has 0 radical (unpaired) electrons. The number of carboxylic acids is 1. The second-order valence-corrected chi connectivity index (χ2v) is 5.14. The Morgan fingerprint density at radius 1 is 0.880 bits per heavy atom. The number of amides is 2. The number of rotatable bonds is 7. The molecule has 2 amide bonds. The lowest BCUT2D eigenvalue weighted by atomic mass is 10.2. The van der Waals surface area contributed by atoms with E-state index in [1.54, 1.807) is 24.3 Å². The maximum atomic E-state index is 12.2. The summed E-state index contributed by atoms with van der Waals surface area (Å²) in [7, 11) is 0. The number of hydrogen-bond donors (Lipinski definition) is 2. The van der Waals surface area contributed by atoms with Crippen LogP contribution in [-0.2, 0) is 16.2 Å². The monoisotopic (exact) mass is 341 g/mol. The van der Waals surface area contributed by atoms with Gasteiger partial charge in [0.1, 0.15) is 12.4 Å². The Balaban J connectivity index is 1.93. The molecule has 0 aliphatic heterocycles. The Kier molecular flexibility index (Phi) is 6.53. The van der Waals surface area contributed by atoms with Crippen LogP contribution in [0.2, 0.25) is 0 Å². The Hall–Kier alpha value is -3.35. The molecule has 0 atom stereocenters. The van der Waals surface area contributed by atoms with Gasteiger partial charge in [-0.2, -0.15) is 0 Å². The molecule has 2 rings (SSSR count). The third kappa shape index (κ3) is 5.98. The molecule has 0 saturated carbocycles. The lowest BCUT2D eigenvalue weighted by Gasteiger charge is -2.12. The Morgan fingerprint density at radius 2 is 1.56 bits per heavy atom. The van der Waals surface area contributed by atoms with E-state index in [0.717, 1.165) is 5.56 Å². The third-order valence-electron chi connectivity index (χ3n) is 3.24. The van der Waals surface area contributed by atoms with Crippen LogP contribution < -0.4 is 20.7 Å². The van der Waals surface area contributed by atoms with Crippen molar-refractivity contribution < 1.29 is 24.2 Å². The van der Waals surface area contributed by atoms with E-state index in [1.807, 2.05) is 30.3 Å². The van der Waals surface area contributed by atoms with Crippen LogP contribution in [0.3, 0.4) is 0 Å². The number of hydrazine groups is 1. The fourth-order valence-corrected chi connectivity index (χ4v) is 1.99. The second-order valence-electron chi connectivity index (χ2n) is 5.14. The van der Waals surface area contributed by atoms with Crippen molar-refractivity contribution >= 4 is 17.8 Å². The number of carboxylic acid groups (broad SMARTS) is 1. The number of hydrogen-bond acceptors (Lipinski definition) is 5. The van der Waals surface area contributed by atoms with Gasteiger partial charge in [-0.05, 0) is 24.1 Å². The smallest absolute Gasteiger partial charge is 0.273 e. The zero-order chi connectivity index (χ0) is 18.1. The van der Waals surface area contributed by atoms with Gasteiger partial charge in [-0.3, -0.25) is 20.4 Å². The SMILES string of the molecule is O=C([O-])CCC(=O)NNC(=O)c1ccccc1OCc1ccccc1. The van der Waals surface area contributed by atoms with Crippen molar-refractivity contribution in [3.05, 3.63) is 65.7 Å². The van der Waals surface area contributed by atoms with Crippen molar-refractivity contribution in [2.24, 2.45) is 0 Å². The summed E-state index contributed by atoms with van der Waals surface area (Å²) >= 11 is 0. The quantitative estimate of drug-likeness (QED) is 0.716. The summed E-state index contributed by atoms with van der Waals surface area (Å²) in [6.45, 7) is 0.295. The van der Waals surface area contributed by atoms with E-state index >= 15 is 0 Å². The molecule has 0 heterocycles. The molecule has 0 bridgehead atoms. The molecule has 0 fully saturated rings. The standard InChI is InChI=1S/C18H18N2O5/c21-16(10-11-17(22)23)19-20-18(24)14-8-4-5-9-15(14)25-12-13-6-2-1-3-7-13/h1-9H,10-12H2,(H,19,21)(H,20,24)(H,22,23)/p-1. The molecular weight excluding hydrogens is 324 g/mol. The average Bonchev–Trinajstić information content (AvgIpc) is 2.63. The number of para-hydroxylation sites is 1. The Labute approximate surface area is 144 Å². The summed E-state index contributed by atoms with van der Waals surface area (Å²) < 4.78 is 5.67. The largest absolute Gasteiger partial charge is 0.550 e. The zero-order valence-electron chi connectivity index (χ0n) is 13.4. The van der Waals surface area contributed by atoms with Gasteiger partial charge in [0.15, 0.2) is 0 Å². The molecule has 0 aromatic heterocycles. The maximum Gasteiger partial charge on any atom is 0.273 e. The lowest BCUT2D eigenvalue weighted by Crippen LogP contribution is -2.42. The fourth-order valence-electron chi connectivity index (χ4n) is 1.99. The summed E-state index contributed by atoms with van der Waals surface area (Å²) in [5.41, 5.74) is 5.58. The van der Waals surface area contributed by atoms with Gasteiger partial charge in [0.25, 0.3) is 5.91 Å². The van der Waals surface area contributed by atoms with Crippen LogP contribution in [-0.4, -0.2) is 17.8 Å². The highest BCUT2D eigenvalue weighted by Crippen LogP contribution is 2.19. The minimum atomic E-state index is -1.33. The van der Waals surface area contributed by atoms with Crippen molar-refractivity contribution in [1.29, 1.82) is 0 Å². The third-order valence-corrected chi connectivity index (χ3v) is 3.24. The molecule has 2 N–H and O–H groups in total. The number of carbonyl (C=O) groups excluding carboxylic acids is 3. The van der Waals surface area contributed by atoms with Gasteiger partial charge in [0.2, 0.25) is 5.91 Å². The van der Waals surface area contributed by atoms with Crippen LogP contribution in [0.5, 0.6) is 5.75 Å². The summed E-state index contributed by atoms with van der Waals surface area (Å²) in [5, 5.41) is 10.3. The van der Waals surface area contributed by atoms with Crippen molar-refractivity contribution in [2.45, 2.75) is 19.4 Å². The average molecular weight is 341 g/mol. The molecule has 0 unspecified atom stereocenters. The number of carbonyl (C=O) groups is 3. The lowest BCUT2D eigenvalue weighted by molar-refractivity contribution is -0.305. The highest BCUT2D eigenvalue weighted by Gasteiger charge is 2.13. The van der Waals surface area contributed by atoms with Gasteiger partial charge in [0, 0.05) is 12.4 Å². The van der Waals surface area contributed by atoms with Crippen molar-refractivity contribution in [1.82, 2.24) is 10.9 Å². The van der Waals surface area contributed by atoms with Crippen LogP contribution in [0.15, 0.2) is 54.6 Å². The topological polar surface area (TPSA) is 108 Å². The molecule has 0 spiro atoms. The van der Waals surface area contributed by atoms with Crippen molar-refractivity contribution in [3.8, 4) is 5.75 Å². The van der Waals surface area contributed by atoms with E-state index < -0.39 is 24.2 Å². The molecule has 0 aliphatic rings. The van der Waals surface area contributed by atoms with E-state index in [0.29, 0.717) is 12.4 Å². The number of benzene rings is 2. The maximum absolute atomic E-state index is 12.2. The van der Waals surface area contributed by atoms with E-state index in [4.69, 9.17) is 4.74 Å². The molecule has 7 nitrogen and oxygen atoms in total. The number of nitrogens with one attached hydrogen (secondary N) is 2. The second kappa shape index (κ2) is 9.07. The summed E-state index contributed by atoms with van der Waals surface area (Å²) in [6, 6.07) is 16.1. The number of aliphatic carboxylic acids is 1. The van der Waals surface area contributed by atoms with Crippen molar-refractivity contribution in [3.63, 3.8) is 0 Å². The summed E-state index contributed by atoms with van der Waals surface area (Å²) in [6.07, 6.45) is -0.701. The summed E-state index contributed by atoms with van der Waals surface area (Å²) in [4.78, 5) is 33.9. The predicted octanol–water partition coefficient (Wildman–Crippen LogP) is 0.557. The van der Waals surface area contributed by atoms with E-state index in [-0.39, 0.29) is 12.0 Å². The highest BCUT2D eigenvalue weighted by atomic mass is 16.5. The Morgan fingerprint density at radius 3 is 2.28 bits per heavy atom. The predicted molar refractivity (Wildman–Crippen MR) is 87.1 cm³/mol. The van der Waals surface area contributed by atoms with Gasteiger partial charge in [-0.1, -0.05) is 42.5 Å². The van der Waals surface area contributed by atoms with E-state index in [1.165, 1.54) is 0 Å². The van der Waals surface area contributed by atoms with Gasteiger partial charge < -0.3 is 14.6 Å². The van der Waals surface area contributed by atoms with E-state index in [2.05, 4.69) is 10.9 Å². The molecule has 0 saturated heterocycles. The first-order chi connectivity index (χ1) is 12.1. The van der Waals surface area contributed by atoms with Crippen LogP contribution in [0.4, 0.5) is 0 Å². The van der Waals surface area contributed by atoms with Crippen LogP contribution in [0.1, 0.15) is 28.8 Å². The van der Waals surface area contributed by atoms with Crippen molar-refractivity contribution in [2.75, 3.05) is 0 Å². The molecule has 2 aromatic carbocycles. The van der Waals surface area contributed by atoms with Gasteiger partial charge in [-0.15, -0.1) is 0 Å². The normalized spacial score (nSPS) is 9.92. The molecule has 7 heteroatoms.